The van der Waals surface area contributed by atoms with E-state index in [0.29, 0.717) is 5.56 Å². The number of carbonyl (C=O) groups excluding carboxylic acids is 2. The third-order valence-corrected chi connectivity index (χ3v) is 1.44. The summed E-state index contributed by atoms with van der Waals surface area (Å²) in [6.45, 7) is 1.38. The number of furan rings is 1. The number of hydrogen-bond acceptors (Lipinski definition) is 3. The number of Topliss-reactive ketones (excluding diaryl/α,β-unsaturated/α-hetero) is 1. The number of ketones is 1. The third kappa shape index (κ3) is 1.53. The van der Waals surface area contributed by atoms with Crippen molar-refractivity contribution in [1.82, 2.24) is 5.32 Å². The topological polar surface area (TPSA) is 59.3 Å². The minimum atomic E-state index is -0.258. The van der Waals surface area contributed by atoms with Crippen molar-refractivity contribution in [3.8, 4) is 0 Å². The zero-order valence-electron chi connectivity index (χ0n) is 6.88. The van der Waals surface area contributed by atoms with E-state index in [2.05, 4.69) is 5.32 Å². The van der Waals surface area contributed by atoms with E-state index in [1.54, 1.807) is 0 Å². The van der Waals surface area contributed by atoms with E-state index in [1.807, 2.05) is 0 Å². The number of carbonyl (C=O) groups is 2. The van der Waals surface area contributed by atoms with E-state index in [9.17, 15) is 9.59 Å². The highest BCUT2D eigenvalue weighted by atomic mass is 16.3. The SMILES string of the molecule is CNC(=O)c1coc(C(C)=O)c1. The fraction of sp³-hybridized carbons (Fsp3) is 0.250. The Labute approximate surface area is 69.6 Å². The lowest BCUT2D eigenvalue weighted by Crippen LogP contribution is -2.16. The molecule has 0 atom stereocenters. The lowest BCUT2D eigenvalue weighted by molar-refractivity contribution is 0.0960. The molecule has 0 aliphatic rings. The van der Waals surface area contributed by atoms with E-state index < -0.39 is 0 Å². The van der Waals surface area contributed by atoms with E-state index in [0.717, 1.165) is 0 Å². The van der Waals surface area contributed by atoms with Gasteiger partial charge in [-0.05, 0) is 0 Å². The molecule has 0 spiro atoms. The van der Waals surface area contributed by atoms with Crippen LogP contribution in [0, 0.1) is 0 Å². The molecule has 1 rings (SSSR count). The Morgan fingerprint density at radius 3 is 2.58 bits per heavy atom. The highest BCUT2D eigenvalue weighted by Crippen LogP contribution is 2.07. The molecule has 0 aliphatic carbocycles. The molecular weight excluding hydrogens is 158 g/mol. The molecule has 0 bridgehead atoms. The second kappa shape index (κ2) is 3.21. The van der Waals surface area contributed by atoms with Gasteiger partial charge in [-0.15, -0.1) is 0 Å². The Kier molecular flexibility index (Phi) is 2.28. The summed E-state index contributed by atoms with van der Waals surface area (Å²) in [6.07, 6.45) is 1.26. The zero-order valence-corrected chi connectivity index (χ0v) is 6.88. The molecule has 0 unspecified atom stereocenters. The normalized spacial score (nSPS) is 9.50. The largest absolute Gasteiger partial charge is 0.460 e. The zero-order chi connectivity index (χ0) is 9.14. The van der Waals surface area contributed by atoms with Gasteiger partial charge in [-0.3, -0.25) is 9.59 Å². The highest BCUT2D eigenvalue weighted by Gasteiger charge is 2.10. The molecule has 1 N–H and O–H groups in total. The Morgan fingerprint density at radius 1 is 1.50 bits per heavy atom. The third-order valence-electron chi connectivity index (χ3n) is 1.44. The van der Waals surface area contributed by atoms with Crippen molar-refractivity contribution in [3.05, 3.63) is 23.7 Å². The second-order valence-corrected chi connectivity index (χ2v) is 2.33. The van der Waals surface area contributed by atoms with E-state index in [1.165, 1.54) is 26.3 Å². The van der Waals surface area contributed by atoms with Crippen LogP contribution in [-0.2, 0) is 0 Å². The molecule has 1 amide bonds. The van der Waals surface area contributed by atoms with Crippen LogP contribution >= 0.6 is 0 Å². The van der Waals surface area contributed by atoms with Crippen molar-refractivity contribution >= 4 is 11.7 Å². The molecule has 0 fully saturated rings. The van der Waals surface area contributed by atoms with Gasteiger partial charge in [0.2, 0.25) is 0 Å². The second-order valence-electron chi connectivity index (χ2n) is 2.33. The lowest BCUT2D eigenvalue weighted by atomic mass is 10.2. The molecule has 0 aliphatic heterocycles. The van der Waals surface area contributed by atoms with Crippen LogP contribution in [0.1, 0.15) is 27.8 Å². The minimum absolute atomic E-state index is 0.190. The standard InChI is InChI=1S/C8H9NO3/c1-5(10)7-3-6(4-12-7)8(11)9-2/h3-4H,1-2H3,(H,9,11). The van der Waals surface area contributed by atoms with Crippen molar-refractivity contribution in [3.63, 3.8) is 0 Å². The molecule has 64 valence electrons. The van der Waals surface area contributed by atoms with Gasteiger partial charge in [0.25, 0.3) is 5.91 Å². The van der Waals surface area contributed by atoms with Crippen molar-refractivity contribution in [2.24, 2.45) is 0 Å². The van der Waals surface area contributed by atoms with Gasteiger partial charge < -0.3 is 9.73 Å². The van der Waals surface area contributed by atoms with Gasteiger partial charge in [0.1, 0.15) is 6.26 Å². The maximum atomic E-state index is 11.0. The first kappa shape index (κ1) is 8.52. The summed E-state index contributed by atoms with van der Waals surface area (Å²) in [4.78, 5) is 21.7. The molecule has 4 nitrogen and oxygen atoms in total. The first-order chi connectivity index (χ1) is 5.65. The summed E-state index contributed by atoms with van der Waals surface area (Å²) < 4.78 is 4.84. The van der Waals surface area contributed by atoms with E-state index in [-0.39, 0.29) is 17.5 Å². The number of amides is 1. The lowest BCUT2D eigenvalue weighted by Gasteiger charge is -1.90. The summed E-state index contributed by atoms with van der Waals surface area (Å²) >= 11 is 0. The molecule has 0 radical (unpaired) electrons. The molecule has 1 aromatic rings. The van der Waals surface area contributed by atoms with Crippen LogP contribution in [0.25, 0.3) is 0 Å². The molecule has 12 heavy (non-hydrogen) atoms. The van der Waals surface area contributed by atoms with Gasteiger partial charge in [-0.25, -0.2) is 0 Å². The van der Waals surface area contributed by atoms with Gasteiger partial charge in [0.15, 0.2) is 11.5 Å². The first-order valence-electron chi connectivity index (χ1n) is 3.46. The fourth-order valence-electron chi connectivity index (χ4n) is 0.784. The van der Waals surface area contributed by atoms with Crippen LogP contribution in [0.5, 0.6) is 0 Å². The average molecular weight is 167 g/mol. The van der Waals surface area contributed by atoms with Crippen LogP contribution in [0.2, 0.25) is 0 Å². The van der Waals surface area contributed by atoms with Crippen LogP contribution < -0.4 is 5.32 Å². The van der Waals surface area contributed by atoms with Crippen molar-refractivity contribution in [2.75, 3.05) is 7.05 Å². The highest BCUT2D eigenvalue weighted by molar-refractivity contribution is 5.98. The minimum Gasteiger partial charge on any atom is -0.460 e. The van der Waals surface area contributed by atoms with Crippen molar-refractivity contribution in [1.29, 1.82) is 0 Å². The average Bonchev–Trinajstić information content (AvgIpc) is 2.51. The van der Waals surface area contributed by atoms with Crippen LogP contribution in [0.15, 0.2) is 16.7 Å². The van der Waals surface area contributed by atoms with E-state index >= 15 is 0 Å². The van der Waals surface area contributed by atoms with Gasteiger partial charge in [0.05, 0.1) is 5.56 Å². The molecule has 4 heteroatoms. The predicted molar refractivity (Wildman–Crippen MR) is 42.1 cm³/mol. The first-order valence-corrected chi connectivity index (χ1v) is 3.46. The molecule has 1 aromatic heterocycles. The van der Waals surface area contributed by atoms with Crippen LogP contribution in [-0.4, -0.2) is 18.7 Å². The fourth-order valence-corrected chi connectivity index (χ4v) is 0.784. The van der Waals surface area contributed by atoms with Gasteiger partial charge in [0, 0.05) is 20.0 Å². The van der Waals surface area contributed by atoms with Gasteiger partial charge in [-0.1, -0.05) is 0 Å². The molecule has 0 saturated carbocycles. The molecule has 0 saturated heterocycles. The summed E-state index contributed by atoms with van der Waals surface area (Å²) in [7, 11) is 1.52. The summed E-state index contributed by atoms with van der Waals surface area (Å²) in [5, 5.41) is 2.42. The Balaban J connectivity index is 2.91. The summed E-state index contributed by atoms with van der Waals surface area (Å²) in [5.74, 6) is -0.245. The quantitative estimate of drug-likeness (QED) is 0.664. The smallest absolute Gasteiger partial charge is 0.254 e. The predicted octanol–water partition coefficient (Wildman–Crippen LogP) is 0.842. The summed E-state index contributed by atoms with van der Waals surface area (Å²) in [5.41, 5.74) is 0.364. The Morgan fingerprint density at radius 2 is 2.17 bits per heavy atom. The van der Waals surface area contributed by atoms with Crippen LogP contribution in [0.4, 0.5) is 0 Å². The van der Waals surface area contributed by atoms with Crippen LogP contribution in [0.3, 0.4) is 0 Å². The molecular formula is C8H9NO3. The number of rotatable bonds is 2. The van der Waals surface area contributed by atoms with Crippen molar-refractivity contribution in [2.45, 2.75) is 6.92 Å². The van der Waals surface area contributed by atoms with Gasteiger partial charge in [-0.2, -0.15) is 0 Å². The monoisotopic (exact) mass is 167 g/mol. The van der Waals surface area contributed by atoms with Crippen molar-refractivity contribution < 1.29 is 14.0 Å². The Hall–Kier alpha value is -1.58. The Bertz CT molecular complexity index is 314. The van der Waals surface area contributed by atoms with E-state index in [4.69, 9.17) is 4.42 Å². The number of hydrogen-bond donors (Lipinski definition) is 1. The van der Waals surface area contributed by atoms with Gasteiger partial charge >= 0.3 is 0 Å². The number of nitrogens with one attached hydrogen (secondary N) is 1. The maximum absolute atomic E-state index is 11.0. The molecule has 0 aromatic carbocycles. The molecule has 1 heterocycles. The maximum Gasteiger partial charge on any atom is 0.254 e. The summed E-state index contributed by atoms with van der Waals surface area (Å²) in [6, 6.07) is 1.42.